The summed E-state index contributed by atoms with van der Waals surface area (Å²) >= 11 is 5.91. The lowest BCUT2D eigenvalue weighted by atomic mass is 10.1. The topological polar surface area (TPSA) is 53.2 Å². The van der Waals surface area contributed by atoms with E-state index in [0.717, 1.165) is 5.56 Å². The van der Waals surface area contributed by atoms with Crippen molar-refractivity contribution in [2.24, 2.45) is 0 Å². The Labute approximate surface area is 123 Å². The maximum atomic E-state index is 9.72. The lowest BCUT2D eigenvalue weighted by molar-refractivity contribution is 0.190. The molecular weight excluding hydrogens is 274 g/mol. The van der Waals surface area contributed by atoms with E-state index in [1.165, 1.54) is 0 Å². The van der Waals surface area contributed by atoms with Gasteiger partial charge in [-0.05, 0) is 42.8 Å². The van der Waals surface area contributed by atoms with E-state index in [4.69, 9.17) is 21.6 Å². The zero-order chi connectivity index (χ0) is 14.5. The first kappa shape index (κ1) is 14.4. The number of hydrogen-bond donors (Lipinski definition) is 1. The van der Waals surface area contributed by atoms with Crippen molar-refractivity contribution in [2.75, 3.05) is 0 Å². The van der Waals surface area contributed by atoms with Crippen LogP contribution in [0.15, 0.2) is 42.5 Å². The van der Waals surface area contributed by atoms with Gasteiger partial charge in [0.15, 0.2) is 0 Å². The van der Waals surface area contributed by atoms with Crippen LogP contribution in [0, 0.1) is 11.3 Å². The van der Waals surface area contributed by atoms with Crippen LogP contribution < -0.4 is 4.74 Å². The van der Waals surface area contributed by atoms with E-state index >= 15 is 0 Å². The molecule has 1 N–H and O–H groups in total. The van der Waals surface area contributed by atoms with Crippen molar-refractivity contribution >= 4 is 11.6 Å². The minimum absolute atomic E-state index is 0.368. The second-order valence-corrected chi connectivity index (χ2v) is 4.89. The summed E-state index contributed by atoms with van der Waals surface area (Å²) in [6, 6.07) is 14.4. The largest absolute Gasteiger partial charge is 0.489 e. The first-order valence-corrected chi connectivity index (χ1v) is 6.57. The zero-order valence-corrected chi connectivity index (χ0v) is 11.8. The maximum absolute atomic E-state index is 9.72. The van der Waals surface area contributed by atoms with E-state index in [1.54, 1.807) is 37.3 Å². The summed E-state index contributed by atoms with van der Waals surface area (Å²) in [6.07, 6.45) is -0.648. The van der Waals surface area contributed by atoms with Crippen molar-refractivity contribution < 1.29 is 9.84 Å². The second kappa shape index (κ2) is 6.42. The number of nitrogens with zero attached hydrogens (tertiary/aromatic N) is 1. The fourth-order valence-electron chi connectivity index (χ4n) is 1.81. The first-order chi connectivity index (χ1) is 9.60. The summed E-state index contributed by atoms with van der Waals surface area (Å²) in [5, 5.41) is 19.0. The van der Waals surface area contributed by atoms with Crippen LogP contribution in [0.5, 0.6) is 5.75 Å². The predicted octanol–water partition coefficient (Wildman–Crippen LogP) is 3.84. The summed E-state index contributed by atoms with van der Waals surface area (Å²) < 4.78 is 5.71. The van der Waals surface area contributed by atoms with Crippen molar-refractivity contribution in [1.29, 1.82) is 5.26 Å². The van der Waals surface area contributed by atoms with Gasteiger partial charge in [-0.25, -0.2) is 0 Å². The Morgan fingerprint density at radius 1 is 1.25 bits per heavy atom. The molecule has 0 heterocycles. The number of nitriles is 1. The van der Waals surface area contributed by atoms with Gasteiger partial charge in [0, 0.05) is 10.6 Å². The Kier molecular flexibility index (Phi) is 4.62. The van der Waals surface area contributed by atoms with Gasteiger partial charge in [-0.2, -0.15) is 5.26 Å². The Bertz CT molecular complexity index is 630. The number of rotatable bonds is 4. The molecule has 0 aliphatic rings. The molecule has 0 aromatic heterocycles. The van der Waals surface area contributed by atoms with Gasteiger partial charge < -0.3 is 9.84 Å². The Morgan fingerprint density at radius 3 is 2.55 bits per heavy atom. The third kappa shape index (κ3) is 3.51. The summed E-state index contributed by atoms with van der Waals surface area (Å²) in [5.41, 5.74) is 2.23. The van der Waals surface area contributed by atoms with Crippen LogP contribution in [0.1, 0.15) is 29.7 Å². The highest BCUT2D eigenvalue weighted by atomic mass is 35.5. The summed E-state index contributed by atoms with van der Waals surface area (Å²) in [4.78, 5) is 0. The number of ether oxygens (including phenoxy) is 1. The van der Waals surface area contributed by atoms with E-state index in [9.17, 15) is 5.11 Å². The van der Waals surface area contributed by atoms with E-state index in [1.807, 2.05) is 12.1 Å². The van der Waals surface area contributed by atoms with Gasteiger partial charge in [-0.3, -0.25) is 0 Å². The van der Waals surface area contributed by atoms with Gasteiger partial charge in [-0.15, -0.1) is 0 Å². The third-order valence-corrected chi connectivity index (χ3v) is 3.13. The Balaban J connectivity index is 2.12. The van der Waals surface area contributed by atoms with E-state index in [-0.39, 0.29) is 0 Å². The summed E-state index contributed by atoms with van der Waals surface area (Å²) in [6.45, 7) is 2.04. The lowest BCUT2D eigenvalue weighted by Gasteiger charge is -2.14. The smallest absolute Gasteiger partial charge is 0.125 e. The Morgan fingerprint density at radius 2 is 1.95 bits per heavy atom. The van der Waals surface area contributed by atoms with Gasteiger partial charge >= 0.3 is 0 Å². The molecule has 102 valence electrons. The number of hydrogen-bond acceptors (Lipinski definition) is 3. The van der Waals surface area contributed by atoms with Crippen molar-refractivity contribution in [3.05, 3.63) is 64.2 Å². The van der Waals surface area contributed by atoms with Crippen LogP contribution in [0.3, 0.4) is 0 Å². The standard InChI is InChI=1S/C16H14ClNO2/c1-11(19)15-8-14(17)6-7-16(15)20-10-13-4-2-12(9-18)3-5-13/h2-8,11,19H,10H2,1H3/t11-/m0/s1. The van der Waals surface area contributed by atoms with Crippen molar-refractivity contribution in [3.8, 4) is 11.8 Å². The number of benzene rings is 2. The van der Waals surface area contributed by atoms with Crippen LogP contribution in [0.4, 0.5) is 0 Å². The van der Waals surface area contributed by atoms with Gasteiger partial charge in [0.05, 0.1) is 17.7 Å². The van der Waals surface area contributed by atoms with Gasteiger partial charge in [0.1, 0.15) is 12.4 Å². The van der Waals surface area contributed by atoms with E-state index in [2.05, 4.69) is 6.07 Å². The molecule has 0 saturated heterocycles. The van der Waals surface area contributed by atoms with Gasteiger partial charge in [0.25, 0.3) is 0 Å². The van der Waals surface area contributed by atoms with Crippen molar-refractivity contribution in [2.45, 2.75) is 19.6 Å². The molecule has 0 aliphatic heterocycles. The van der Waals surface area contributed by atoms with E-state index in [0.29, 0.717) is 28.5 Å². The Hall–Kier alpha value is -2.02. The second-order valence-electron chi connectivity index (χ2n) is 4.46. The quantitative estimate of drug-likeness (QED) is 0.929. The number of aliphatic hydroxyl groups excluding tert-OH is 1. The maximum Gasteiger partial charge on any atom is 0.125 e. The molecule has 4 heteroatoms. The van der Waals surface area contributed by atoms with Gasteiger partial charge in [-0.1, -0.05) is 23.7 Å². The fourth-order valence-corrected chi connectivity index (χ4v) is 1.99. The molecule has 2 rings (SSSR count). The third-order valence-electron chi connectivity index (χ3n) is 2.90. The summed E-state index contributed by atoms with van der Waals surface area (Å²) in [7, 11) is 0. The average Bonchev–Trinajstić information content (AvgIpc) is 2.46. The van der Waals surface area contributed by atoms with Crippen molar-refractivity contribution in [3.63, 3.8) is 0 Å². The molecule has 1 atom stereocenters. The van der Waals surface area contributed by atoms with Crippen LogP contribution in [-0.2, 0) is 6.61 Å². The molecular formula is C16H14ClNO2. The molecule has 0 fully saturated rings. The highest BCUT2D eigenvalue weighted by Gasteiger charge is 2.10. The zero-order valence-electron chi connectivity index (χ0n) is 11.0. The average molecular weight is 288 g/mol. The number of aliphatic hydroxyl groups is 1. The molecule has 0 amide bonds. The molecule has 2 aromatic carbocycles. The van der Waals surface area contributed by atoms with Gasteiger partial charge in [0.2, 0.25) is 0 Å². The normalized spacial score (nSPS) is 11.7. The monoisotopic (exact) mass is 287 g/mol. The van der Waals surface area contributed by atoms with Crippen LogP contribution in [0.2, 0.25) is 5.02 Å². The fraction of sp³-hybridized carbons (Fsp3) is 0.188. The van der Waals surface area contributed by atoms with E-state index < -0.39 is 6.10 Å². The number of halogens is 1. The predicted molar refractivity (Wildman–Crippen MR) is 77.6 cm³/mol. The van der Waals surface area contributed by atoms with Crippen LogP contribution >= 0.6 is 11.6 Å². The minimum Gasteiger partial charge on any atom is -0.489 e. The van der Waals surface area contributed by atoms with Crippen molar-refractivity contribution in [1.82, 2.24) is 0 Å². The highest BCUT2D eigenvalue weighted by molar-refractivity contribution is 6.30. The summed E-state index contributed by atoms with van der Waals surface area (Å²) in [5.74, 6) is 0.605. The molecule has 20 heavy (non-hydrogen) atoms. The molecule has 0 saturated carbocycles. The van der Waals surface area contributed by atoms with Crippen LogP contribution in [0.25, 0.3) is 0 Å². The SMILES string of the molecule is C[C@H](O)c1cc(Cl)ccc1OCc1ccc(C#N)cc1. The van der Waals surface area contributed by atoms with Crippen LogP contribution in [-0.4, -0.2) is 5.11 Å². The molecule has 0 bridgehead atoms. The molecule has 0 aliphatic carbocycles. The molecule has 2 aromatic rings. The minimum atomic E-state index is -0.648. The molecule has 3 nitrogen and oxygen atoms in total. The highest BCUT2D eigenvalue weighted by Crippen LogP contribution is 2.28. The lowest BCUT2D eigenvalue weighted by Crippen LogP contribution is -2.01. The molecule has 0 radical (unpaired) electrons. The molecule has 0 unspecified atom stereocenters. The molecule has 0 spiro atoms. The first-order valence-electron chi connectivity index (χ1n) is 6.19.